The van der Waals surface area contributed by atoms with Crippen molar-refractivity contribution in [2.24, 2.45) is 7.05 Å². The fourth-order valence-electron chi connectivity index (χ4n) is 4.97. The van der Waals surface area contributed by atoms with Gasteiger partial charge in [0.05, 0.1) is 28.0 Å². The quantitative estimate of drug-likeness (QED) is 0.643. The van der Waals surface area contributed by atoms with Gasteiger partial charge in [0.25, 0.3) is 0 Å². The fourth-order valence-corrected chi connectivity index (χ4v) is 6.32. The molecule has 2 aliphatic rings. The van der Waals surface area contributed by atoms with Crippen molar-refractivity contribution in [3.63, 3.8) is 0 Å². The van der Waals surface area contributed by atoms with Gasteiger partial charge in [-0.15, -0.1) is 0 Å². The van der Waals surface area contributed by atoms with Crippen LogP contribution in [-0.4, -0.2) is 26.1 Å². The fraction of sp³-hybridized carbons (Fsp3) is 0.364. The number of nitrogens with one attached hydrogen (secondary N) is 1. The van der Waals surface area contributed by atoms with E-state index in [2.05, 4.69) is 9.88 Å². The molecule has 0 radical (unpaired) electrons. The molecule has 1 N–H and O–H groups in total. The summed E-state index contributed by atoms with van der Waals surface area (Å²) >= 11 is 0. The van der Waals surface area contributed by atoms with Gasteiger partial charge in [-0.05, 0) is 42.7 Å². The van der Waals surface area contributed by atoms with E-state index in [1.807, 2.05) is 7.05 Å². The highest BCUT2D eigenvalue weighted by Crippen LogP contribution is 2.45. The van der Waals surface area contributed by atoms with Crippen LogP contribution in [0, 0.1) is 0 Å². The number of fused-ring (bicyclic) bond motifs is 6. The number of alkyl halides is 3. The number of sulfone groups is 1. The number of aromatic nitrogens is 1. The Hall–Kier alpha value is -2.52. The molecule has 2 aromatic carbocycles. The van der Waals surface area contributed by atoms with Crippen LogP contribution in [0.1, 0.15) is 35.7 Å². The van der Waals surface area contributed by atoms with Crippen LogP contribution in [0.5, 0.6) is 5.75 Å². The predicted octanol–water partition coefficient (Wildman–Crippen LogP) is 4.39. The maximum atomic E-state index is 13.3. The van der Waals surface area contributed by atoms with E-state index in [0.29, 0.717) is 17.9 Å². The number of aryl methyl sites for hydroxylation is 1. The number of ether oxygens (including phenoxy) is 1. The van der Waals surface area contributed by atoms with E-state index in [0.717, 1.165) is 53.6 Å². The molecule has 2 aliphatic heterocycles. The summed E-state index contributed by atoms with van der Waals surface area (Å²) in [5.74, 6) is 0.385. The second kappa shape index (κ2) is 6.74. The molecule has 3 heterocycles. The van der Waals surface area contributed by atoms with Crippen molar-refractivity contribution in [1.29, 1.82) is 0 Å². The number of methoxy groups -OCH3 is 1. The standard InChI is InChI=1S/C22H21F3N2O3S/c1-27-18-9-13-6-7-17(26-13)20(18)16-10-15(11-19(30-2)21(16)27)31(28,29)14-5-3-4-12(8-14)22(23,24)25/h3-5,8,10-11,13,17,26H,6-7,9H2,1-2H3. The Kier molecular flexibility index (Phi) is 4.43. The van der Waals surface area contributed by atoms with E-state index in [-0.39, 0.29) is 10.9 Å². The Labute approximate surface area is 177 Å². The SMILES string of the molecule is COc1cc(S(=O)(=O)c2cccc(C(F)(F)F)c2)cc2c3c(n(C)c12)CC1CCC3N1. The van der Waals surface area contributed by atoms with Crippen LogP contribution < -0.4 is 10.1 Å². The number of halogens is 3. The third-order valence-corrected chi connectivity index (χ3v) is 8.15. The Morgan fingerprint density at radius 1 is 1.13 bits per heavy atom. The Morgan fingerprint density at radius 2 is 1.90 bits per heavy atom. The maximum absolute atomic E-state index is 13.3. The largest absolute Gasteiger partial charge is 0.495 e. The van der Waals surface area contributed by atoms with E-state index in [1.165, 1.54) is 19.2 Å². The van der Waals surface area contributed by atoms with E-state index in [9.17, 15) is 21.6 Å². The summed E-state index contributed by atoms with van der Waals surface area (Å²) in [6, 6.07) is 7.34. The summed E-state index contributed by atoms with van der Waals surface area (Å²) < 4.78 is 73.6. The molecule has 5 rings (SSSR count). The van der Waals surface area contributed by atoms with Gasteiger partial charge >= 0.3 is 6.18 Å². The molecule has 9 heteroatoms. The zero-order valence-corrected chi connectivity index (χ0v) is 17.8. The molecular weight excluding hydrogens is 429 g/mol. The van der Waals surface area contributed by atoms with Crippen LogP contribution in [0.3, 0.4) is 0 Å². The van der Waals surface area contributed by atoms with Crippen molar-refractivity contribution < 1.29 is 26.3 Å². The van der Waals surface area contributed by atoms with Crippen molar-refractivity contribution in [3.05, 3.63) is 53.2 Å². The predicted molar refractivity (Wildman–Crippen MR) is 109 cm³/mol. The summed E-state index contributed by atoms with van der Waals surface area (Å²) in [5, 5.41) is 4.34. The first-order valence-electron chi connectivity index (χ1n) is 9.99. The van der Waals surface area contributed by atoms with Gasteiger partial charge in [-0.3, -0.25) is 0 Å². The molecule has 1 aromatic heterocycles. The lowest BCUT2D eigenvalue weighted by Crippen LogP contribution is -2.32. The van der Waals surface area contributed by atoms with Gasteiger partial charge in [0.1, 0.15) is 5.75 Å². The summed E-state index contributed by atoms with van der Waals surface area (Å²) in [7, 11) is -0.783. The molecule has 3 aromatic rings. The molecule has 2 bridgehead atoms. The van der Waals surface area contributed by atoms with Crippen molar-refractivity contribution in [1.82, 2.24) is 9.88 Å². The van der Waals surface area contributed by atoms with Crippen LogP contribution in [0.4, 0.5) is 13.2 Å². The summed E-state index contributed by atoms with van der Waals surface area (Å²) in [6.45, 7) is 0. The van der Waals surface area contributed by atoms with Crippen LogP contribution in [0.25, 0.3) is 10.9 Å². The lowest BCUT2D eigenvalue weighted by Gasteiger charge is -2.23. The molecule has 0 amide bonds. The van der Waals surface area contributed by atoms with Gasteiger partial charge in [-0.25, -0.2) is 8.42 Å². The molecule has 0 spiro atoms. The smallest absolute Gasteiger partial charge is 0.416 e. The Bertz CT molecular complexity index is 1310. The normalized spacial score (nSPS) is 20.8. The summed E-state index contributed by atoms with van der Waals surface area (Å²) in [6.07, 6.45) is -1.77. The van der Waals surface area contributed by atoms with Gasteiger partial charge in [-0.1, -0.05) is 6.07 Å². The maximum Gasteiger partial charge on any atom is 0.416 e. The minimum absolute atomic E-state index is 0.0790. The Balaban J connectivity index is 1.73. The summed E-state index contributed by atoms with van der Waals surface area (Å²) in [5.41, 5.74) is 2.00. The Morgan fingerprint density at radius 3 is 2.61 bits per heavy atom. The first-order chi connectivity index (χ1) is 14.6. The molecule has 31 heavy (non-hydrogen) atoms. The second-order valence-electron chi connectivity index (χ2n) is 8.17. The molecule has 0 saturated carbocycles. The molecule has 2 unspecified atom stereocenters. The zero-order valence-electron chi connectivity index (χ0n) is 17.0. The number of benzene rings is 2. The van der Waals surface area contributed by atoms with Crippen molar-refractivity contribution in [2.45, 2.75) is 47.3 Å². The number of hydrogen-bond donors (Lipinski definition) is 1. The average molecular weight is 450 g/mol. The number of hydrogen-bond acceptors (Lipinski definition) is 4. The molecule has 1 saturated heterocycles. The van der Waals surface area contributed by atoms with Gasteiger partial charge in [-0.2, -0.15) is 13.2 Å². The molecule has 2 atom stereocenters. The van der Waals surface area contributed by atoms with E-state index in [4.69, 9.17) is 4.74 Å². The third kappa shape index (κ3) is 3.05. The first-order valence-corrected chi connectivity index (χ1v) is 11.5. The molecule has 5 nitrogen and oxygen atoms in total. The molecule has 1 fully saturated rings. The van der Waals surface area contributed by atoms with Gasteiger partial charge < -0.3 is 14.6 Å². The molecule has 164 valence electrons. The van der Waals surface area contributed by atoms with E-state index in [1.54, 1.807) is 6.07 Å². The van der Waals surface area contributed by atoms with Crippen LogP contribution in [-0.2, 0) is 29.5 Å². The molecular formula is C22H21F3N2O3S. The first kappa shape index (κ1) is 20.4. The monoisotopic (exact) mass is 450 g/mol. The van der Waals surface area contributed by atoms with E-state index < -0.39 is 26.5 Å². The highest BCUT2D eigenvalue weighted by atomic mass is 32.2. The minimum Gasteiger partial charge on any atom is -0.495 e. The number of rotatable bonds is 3. The van der Waals surface area contributed by atoms with Crippen molar-refractivity contribution in [3.8, 4) is 5.75 Å². The van der Waals surface area contributed by atoms with Crippen molar-refractivity contribution in [2.75, 3.05) is 7.11 Å². The topological polar surface area (TPSA) is 60.3 Å². The van der Waals surface area contributed by atoms with Crippen LogP contribution in [0.2, 0.25) is 0 Å². The second-order valence-corrected chi connectivity index (χ2v) is 10.1. The highest BCUT2D eigenvalue weighted by Gasteiger charge is 2.37. The summed E-state index contributed by atoms with van der Waals surface area (Å²) in [4.78, 5) is -0.475. The van der Waals surface area contributed by atoms with Crippen LogP contribution >= 0.6 is 0 Å². The third-order valence-electron chi connectivity index (χ3n) is 6.42. The lowest BCUT2D eigenvalue weighted by molar-refractivity contribution is -0.137. The highest BCUT2D eigenvalue weighted by molar-refractivity contribution is 7.91. The van der Waals surface area contributed by atoms with Gasteiger partial charge in [0.15, 0.2) is 0 Å². The van der Waals surface area contributed by atoms with Crippen molar-refractivity contribution >= 4 is 20.7 Å². The minimum atomic E-state index is -4.63. The van der Waals surface area contributed by atoms with Crippen LogP contribution in [0.15, 0.2) is 46.2 Å². The van der Waals surface area contributed by atoms with Gasteiger partial charge in [0.2, 0.25) is 9.84 Å². The number of nitrogens with zero attached hydrogens (tertiary/aromatic N) is 1. The van der Waals surface area contributed by atoms with Gasteiger partial charge in [0, 0.05) is 42.7 Å². The average Bonchev–Trinajstić information content (AvgIpc) is 3.25. The van der Waals surface area contributed by atoms with E-state index >= 15 is 0 Å². The molecule has 0 aliphatic carbocycles. The zero-order chi connectivity index (χ0) is 22.1. The lowest BCUT2D eigenvalue weighted by atomic mass is 9.99.